The number of allylic oxidation sites excluding steroid dienone is 27. The third-order valence-electron chi connectivity index (χ3n) is 9.66. The molecule has 400 valence electrons. The highest BCUT2D eigenvalue weighted by Crippen LogP contribution is 2.43. The van der Waals surface area contributed by atoms with Crippen LogP contribution in [-0.4, -0.2) is 66.5 Å². The molecule has 3 unspecified atom stereocenters. The number of carbonyl (C=O) groups excluding carboxylic acids is 3. The van der Waals surface area contributed by atoms with Crippen LogP contribution in [0, 0.1) is 0 Å². The lowest BCUT2D eigenvalue weighted by Crippen LogP contribution is -2.30. The summed E-state index contributed by atoms with van der Waals surface area (Å²) < 4.78 is 39.1. The third-order valence-corrected chi connectivity index (χ3v) is 10.6. The van der Waals surface area contributed by atoms with Gasteiger partial charge in [0.2, 0.25) is 0 Å². The van der Waals surface area contributed by atoms with Gasteiger partial charge in [-0.25, -0.2) is 4.57 Å². The Balaban J connectivity index is 5.04. The molecule has 0 radical (unpaired) electrons. The Bertz CT molecular complexity index is 1850. The summed E-state index contributed by atoms with van der Waals surface area (Å²) in [6.07, 6.45) is 69.5. The zero-order valence-electron chi connectivity index (χ0n) is 43.8. The quantitative estimate of drug-likeness (QED) is 0.0197. The summed E-state index contributed by atoms with van der Waals surface area (Å²) in [5, 5.41) is 9.76. The molecular weight excluding hydrogens is 928 g/mol. The van der Waals surface area contributed by atoms with Crippen molar-refractivity contribution in [2.24, 2.45) is 0 Å². The molecular formula is C60H89O11P. The lowest BCUT2D eigenvalue weighted by Gasteiger charge is -2.21. The molecule has 0 spiro atoms. The van der Waals surface area contributed by atoms with Gasteiger partial charge in [-0.3, -0.25) is 23.4 Å². The molecule has 0 aromatic carbocycles. The molecule has 11 nitrogen and oxygen atoms in total. The van der Waals surface area contributed by atoms with Crippen molar-refractivity contribution in [2.75, 3.05) is 26.4 Å². The second-order valence-corrected chi connectivity index (χ2v) is 17.7. The number of ether oxygens (including phenoxy) is 3. The van der Waals surface area contributed by atoms with Gasteiger partial charge in [-0.2, -0.15) is 0 Å². The maximum Gasteiger partial charge on any atom is 0.472 e. The Hall–Kier alpha value is -5.16. The number of phosphoric ester groups is 1. The minimum absolute atomic E-state index is 0.0345. The van der Waals surface area contributed by atoms with Gasteiger partial charge in [-0.05, 0) is 109 Å². The average molecular weight is 1020 g/mol. The first-order chi connectivity index (χ1) is 35.2. The highest BCUT2D eigenvalue weighted by molar-refractivity contribution is 7.47. The minimum Gasteiger partial charge on any atom is -0.462 e. The van der Waals surface area contributed by atoms with Crippen LogP contribution in [0.4, 0.5) is 0 Å². The summed E-state index contributed by atoms with van der Waals surface area (Å²) in [5.41, 5.74) is 0. The number of rotatable bonds is 45. The summed E-state index contributed by atoms with van der Waals surface area (Å²) in [4.78, 5) is 48.2. The van der Waals surface area contributed by atoms with Gasteiger partial charge in [0.15, 0.2) is 6.10 Å². The summed E-state index contributed by atoms with van der Waals surface area (Å²) in [7, 11) is -4.81. The number of hydrogen-bond acceptors (Lipinski definition) is 10. The summed E-state index contributed by atoms with van der Waals surface area (Å²) in [6, 6.07) is 0. The van der Waals surface area contributed by atoms with E-state index in [0.29, 0.717) is 25.7 Å². The van der Waals surface area contributed by atoms with E-state index in [9.17, 15) is 28.9 Å². The number of unbranched alkanes of at least 4 members (excludes halogenated alkanes) is 1. The molecule has 0 bridgehead atoms. The topological polar surface area (TPSA) is 155 Å². The molecule has 3 atom stereocenters. The van der Waals surface area contributed by atoms with E-state index in [2.05, 4.69) is 136 Å². The highest BCUT2D eigenvalue weighted by Gasteiger charge is 2.28. The number of hydrogen-bond donors (Lipinski definition) is 2. The summed E-state index contributed by atoms with van der Waals surface area (Å²) >= 11 is 0. The van der Waals surface area contributed by atoms with Crippen molar-refractivity contribution in [3.8, 4) is 0 Å². The monoisotopic (exact) mass is 1020 g/mol. The van der Waals surface area contributed by atoms with Gasteiger partial charge in [0, 0.05) is 12.8 Å². The van der Waals surface area contributed by atoms with Crippen LogP contribution in [0.5, 0.6) is 0 Å². The average Bonchev–Trinajstić information content (AvgIpc) is 3.37. The number of carbonyl (C=O) groups is 3. The summed E-state index contributed by atoms with van der Waals surface area (Å²) in [6.45, 7) is 3.98. The smallest absolute Gasteiger partial charge is 0.462 e. The van der Waals surface area contributed by atoms with E-state index in [0.717, 1.165) is 83.5 Å². The van der Waals surface area contributed by atoms with Gasteiger partial charge in [-0.15, -0.1) is 0 Å². The zero-order valence-corrected chi connectivity index (χ0v) is 44.7. The lowest BCUT2D eigenvalue weighted by molar-refractivity contribution is -0.160. The molecule has 0 aromatic heterocycles. The van der Waals surface area contributed by atoms with Crippen LogP contribution >= 0.6 is 7.82 Å². The van der Waals surface area contributed by atoms with E-state index in [1.54, 1.807) is 6.08 Å². The molecule has 72 heavy (non-hydrogen) atoms. The van der Waals surface area contributed by atoms with Crippen molar-refractivity contribution in [3.63, 3.8) is 0 Å². The fourth-order valence-electron chi connectivity index (χ4n) is 5.83. The predicted molar refractivity (Wildman–Crippen MR) is 297 cm³/mol. The molecule has 0 fully saturated rings. The van der Waals surface area contributed by atoms with Crippen molar-refractivity contribution >= 4 is 25.7 Å². The fourth-order valence-corrected chi connectivity index (χ4v) is 6.61. The SMILES string of the molecule is CC/C=C\C/C=C\C/C=C\C/C=C\C/C=C\CCCC(=O)OCC(COP(=O)(O)OCC(CO)OC(=O)CC/C=C\C/C=C\C/C=C\C/C=C\CC)OC(=O)C/C=C\C/C=C\C/C=C\C/C=C\C/C=C\CC. The minimum atomic E-state index is -4.81. The van der Waals surface area contributed by atoms with Crippen molar-refractivity contribution in [2.45, 2.75) is 161 Å². The number of esters is 3. The number of phosphoric acid groups is 1. The first-order valence-electron chi connectivity index (χ1n) is 26.0. The van der Waals surface area contributed by atoms with Crippen LogP contribution in [0.2, 0.25) is 0 Å². The number of aliphatic hydroxyl groups is 1. The van der Waals surface area contributed by atoms with Gasteiger partial charge in [-0.1, -0.05) is 191 Å². The van der Waals surface area contributed by atoms with Crippen LogP contribution < -0.4 is 0 Å². The van der Waals surface area contributed by atoms with Gasteiger partial charge in [0.25, 0.3) is 0 Å². The second kappa shape index (κ2) is 52.2. The Labute approximate surface area is 434 Å². The number of aliphatic hydroxyl groups excluding tert-OH is 1. The Kier molecular flexibility index (Phi) is 48.4. The molecule has 0 saturated carbocycles. The molecule has 0 aromatic rings. The molecule has 0 heterocycles. The molecule has 12 heteroatoms. The van der Waals surface area contributed by atoms with Gasteiger partial charge in [0.05, 0.1) is 26.2 Å². The molecule has 0 aliphatic carbocycles. The molecule has 0 aliphatic rings. The highest BCUT2D eigenvalue weighted by atomic mass is 31.2. The van der Waals surface area contributed by atoms with E-state index < -0.39 is 64.4 Å². The maximum absolute atomic E-state index is 12.8. The lowest BCUT2D eigenvalue weighted by atomic mass is 10.2. The van der Waals surface area contributed by atoms with E-state index in [1.165, 1.54) is 0 Å². The van der Waals surface area contributed by atoms with Crippen LogP contribution in [0.25, 0.3) is 0 Å². The summed E-state index contributed by atoms with van der Waals surface area (Å²) in [5.74, 6) is -1.81. The van der Waals surface area contributed by atoms with Gasteiger partial charge < -0.3 is 24.2 Å². The van der Waals surface area contributed by atoms with Crippen molar-refractivity contribution in [1.29, 1.82) is 0 Å². The van der Waals surface area contributed by atoms with Crippen LogP contribution in [-0.2, 0) is 42.2 Å². The molecule has 0 saturated heterocycles. The molecule has 0 rings (SSSR count). The molecule has 2 N–H and O–H groups in total. The first kappa shape index (κ1) is 66.8. The van der Waals surface area contributed by atoms with Crippen molar-refractivity contribution in [3.05, 3.63) is 170 Å². The zero-order chi connectivity index (χ0) is 52.7. The second-order valence-electron chi connectivity index (χ2n) is 16.2. The fraction of sp³-hybridized carbons (Fsp3) is 0.483. The third kappa shape index (κ3) is 49.8. The van der Waals surface area contributed by atoms with E-state index in [4.69, 9.17) is 23.3 Å². The van der Waals surface area contributed by atoms with E-state index in [1.807, 2.05) is 48.6 Å². The van der Waals surface area contributed by atoms with Crippen molar-refractivity contribution in [1.82, 2.24) is 0 Å². The van der Waals surface area contributed by atoms with Gasteiger partial charge >= 0.3 is 25.7 Å². The first-order valence-corrected chi connectivity index (χ1v) is 27.5. The van der Waals surface area contributed by atoms with Crippen LogP contribution in [0.3, 0.4) is 0 Å². The Morgan fingerprint density at radius 3 is 1.12 bits per heavy atom. The Morgan fingerprint density at radius 2 is 0.736 bits per heavy atom. The van der Waals surface area contributed by atoms with Crippen molar-refractivity contribution < 1.29 is 52.2 Å². The predicted octanol–water partition coefficient (Wildman–Crippen LogP) is 15.1. The van der Waals surface area contributed by atoms with E-state index in [-0.39, 0.29) is 19.3 Å². The maximum atomic E-state index is 12.8. The Morgan fingerprint density at radius 1 is 0.403 bits per heavy atom. The molecule has 0 aliphatic heterocycles. The molecule has 0 amide bonds. The van der Waals surface area contributed by atoms with Crippen LogP contribution in [0.15, 0.2) is 170 Å². The largest absolute Gasteiger partial charge is 0.472 e. The van der Waals surface area contributed by atoms with Crippen LogP contribution in [0.1, 0.15) is 149 Å². The van der Waals surface area contributed by atoms with E-state index >= 15 is 0 Å². The van der Waals surface area contributed by atoms with Gasteiger partial charge in [0.1, 0.15) is 12.7 Å². The standard InChI is InChI=1S/C60H89O11P/c1-4-7-10-13-16-19-22-25-27-28-30-32-34-37-40-43-46-49-58(62)67-53-57(71-60(64)51-48-45-42-39-36-33-29-26-23-20-17-14-11-8-5-2)55-69-72(65,66)68-54-56(52-61)70-59(63)50-47-44-41-38-35-31-24-21-18-15-12-9-6-3/h7-12,16-21,25-27,29-32,35-37,39-41,44-45,48,56-57,61H,4-6,13-15,22-24,28,33-34,38,42-43,46-47,49-55H2,1-3H3,(H,65,66)/b10-7-,11-8-,12-9-,19-16-,20-17-,21-18-,27-25-,29-26-,32-30-,35-31-,39-36-,40-37-,44-41-,48-45-. The normalized spacial score (nSPS) is 14.8.